The number of nitrogens with two attached hydrogens (primary N) is 1. The Balaban J connectivity index is 1.38. The Morgan fingerprint density at radius 3 is 2.79 bits per heavy atom. The van der Waals surface area contributed by atoms with Crippen molar-refractivity contribution >= 4 is 22.8 Å². The van der Waals surface area contributed by atoms with Crippen LogP contribution in [0.2, 0.25) is 0 Å². The molecule has 172 valence electrons. The van der Waals surface area contributed by atoms with Crippen molar-refractivity contribution in [2.45, 2.75) is 25.4 Å². The van der Waals surface area contributed by atoms with Crippen LogP contribution in [0.3, 0.4) is 0 Å². The Bertz CT molecular complexity index is 1400. The third-order valence-corrected chi connectivity index (χ3v) is 5.91. The molecule has 2 heterocycles. The zero-order chi connectivity index (χ0) is 23.7. The van der Waals surface area contributed by atoms with Crippen LogP contribution in [-0.4, -0.2) is 32.8 Å². The van der Waals surface area contributed by atoms with Crippen LogP contribution in [0.15, 0.2) is 60.9 Å². The molecule has 1 aliphatic rings. The van der Waals surface area contributed by atoms with Gasteiger partial charge in [-0.25, -0.2) is 19.0 Å². The largest absolute Gasteiger partial charge is 0.496 e. The minimum Gasteiger partial charge on any atom is -0.496 e. The second kappa shape index (κ2) is 8.93. The number of nitrogens with zero attached hydrogens (tertiary/aromatic N) is 4. The van der Waals surface area contributed by atoms with Gasteiger partial charge >= 0.3 is 0 Å². The molecule has 0 saturated carbocycles. The number of carbonyl (C=O) groups is 1. The molecule has 0 saturated heterocycles. The molecule has 0 bridgehead atoms. The van der Waals surface area contributed by atoms with E-state index < -0.39 is 11.7 Å². The SMILES string of the molecule is COc1ccc(F)cc1C(=O)NCc1ccc(-c2nn([C@H]3C=CCC3)c3ncnc(N)c23)cc1. The molecule has 3 N–H and O–H groups in total. The van der Waals surface area contributed by atoms with E-state index in [0.29, 0.717) is 22.9 Å². The molecule has 0 unspecified atom stereocenters. The van der Waals surface area contributed by atoms with Crippen LogP contribution in [0, 0.1) is 5.82 Å². The lowest BCUT2D eigenvalue weighted by atomic mass is 10.1. The number of hydrogen-bond acceptors (Lipinski definition) is 6. The Kier molecular flexibility index (Phi) is 5.67. The fraction of sp³-hybridized carbons (Fsp3) is 0.200. The average Bonchev–Trinajstić information content (AvgIpc) is 3.52. The highest BCUT2D eigenvalue weighted by molar-refractivity contribution is 5.98. The summed E-state index contributed by atoms with van der Waals surface area (Å²) < 4.78 is 20.7. The summed E-state index contributed by atoms with van der Waals surface area (Å²) in [4.78, 5) is 21.1. The number of methoxy groups -OCH3 is 1. The van der Waals surface area contributed by atoms with Gasteiger partial charge in [0, 0.05) is 12.1 Å². The van der Waals surface area contributed by atoms with Gasteiger partial charge in [-0.1, -0.05) is 36.4 Å². The number of halogens is 1. The molecule has 8 nitrogen and oxygen atoms in total. The monoisotopic (exact) mass is 458 g/mol. The fourth-order valence-corrected chi connectivity index (χ4v) is 4.16. The van der Waals surface area contributed by atoms with E-state index in [-0.39, 0.29) is 18.2 Å². The average molecular weight is 458 g/mol. The summed E-state index contributed by atoms with van der Waals surface area (Å²) in [5.41, 5.74) is 9.51. The summed E-state index contributed by atoms with van der Waals surface area (Å²) in [6.07, 6.45) is 7.70. The quantitative estimate of drug-likeness (QED) is 0.422. The van der Waals surface area contributed by atoms with Crippen molar-refractivity contribution in [1.29, 1.82) is 0 Å². The van der Waals surface area contributed by atoms with Gasteiger partial charge < -0.3 is 15.8 Å². The predicted octanol–water partition coefficient (Wildman–Crippen LogP) is 4.04. The van der Waals surface area contributed by atoms with Gasteiger partial charge in [0.05, 0.1) is 24.1 Å². The number of aromatic nitrogens is 4. The van der Waals surface area contributed by atoms with Gasteiger partial charge in [0.1, 0.15) is 29.4 Å². The molecular weight excluding hydrogens is 435 g/mol. The summed E-state index contributed by atoms with van der Waals surface area (Å²) in [7, 11) is 1.44. The zero-order valence-corrected chi connectivity index (χ0v) is 18.5. The van der Waals surface area contributed by atoms with Crippen molar-refractivity contribution < 1.29 is 13.9 Å². The molecule has 2 aromatic heterocycles. The number of fused-ring (bicyclic) bond motifs is 1. The molecule has 1 amide bonds. The van der Waals surface area contributed by atoms with E-state index in [1.54, 1.807) is 0 Å². The maximum absolute atomic E-state index is 13.6. The maximum atomic E-state index is 13.6. The van der Waals surface area contributed by atoms with E-state index in [2.05, 4.69) is 27.4 Å². The molecule has 0 aliphatic heterocycles. The second-order valence-electron chi connectivity index (χ2n) is 8.05. The van der Waals surface area contributed by atoms with E-state index in [9.17, 15) is 9.18 Å². The fourth-order valence-electron chi connectivity index (χ4n) is 4.16. The lowest BCUT2D eigenvalue weighted by molar-refractivity contribution is 0.0947. The number of rotatable bonds is 6. The van der Waals surface area contributed by atoms with Crippen LogP contribution in [0.1, 0.15) is 34.8 Å². The van der Waals surface area contributed by atoms with Crippen molar-refractivity contribution in [3.05, 3.63) is 77.9 Å². The van der Waals surface area contributed by atoms with Gasteiger partial charge in [-0.3, -0.25) is 4.79 Å². The molecule has 1 aliphatic carbocycles. The third-order valence-electron chi connectivity index (χ3n) is 5.91. The van der Waals surface area contributed by atoms with E-state index in [0.717, 1.165) is 35.4 Å². The maximum Gasteiger partial charge on any atom is 0.255 e. The molecule has 5 rings (SSSR count). The number of amides is 1. The first-order valence-electron chi connectivity index (χ1n) is 10.9. The number of anilines is 1. The Hall–Kier alpha value is -4.27. The van der Waals surface area contributed by atoms with Crippen LogP contribution in [0.5, 0.6) is 5.75 Å². The van der Waals surface area contributed by atoms with E-state index in [1.807, 2.05) is 28.9 Å². The second-order valence-corrected chi connectivity index (χ2v) is 8.05. The summed E-state index contributed by atoms with van der Waals surface area (Å²) in [6, 6.07) is 11.6. The highest BCUT2D eigenvalue weighted by Crippen LogP contribution is 2.34. The number of allylic oxidation sites excluding steroid dienone is 2. The minimum absolute atomic E-state index is 0.139. The molecule has 0 spiro atoms. The topological polar surface area (TPSA) is 108 Å². The molecule has 1 atom stereocenters. The summed E-state index contributed by atoms with van der Waals surface area (Å²) in [6.45, 7) is 0.270. The first-order valence-corrected chi connectivity index (χ1v) is 10.9. The normalized spacial score (nSPS) is 15.1. The van der Waals surface area contributed by atoms with Gasteiger partial charge in [-0.2, -0.15) is 5.10 Å². The van der Waals surface area contributed by atoms with Gasteiger partial charge in [0.15, 0.2) is 5.65 Å². The standard InChI is InChI=1S/C25H23FN6O2/c1-34-20-11-10-17(26)12-19(20)25(33)28-13-15-6-8-16(9-7-15)22-21-23(27)29-14-30-24(21)32(31-22)18-4-2-3-5-18/h2,4,6-12,14,18H,3,5,13H2,1H3,(H,28,33)(H2,27,29,30)/t18-/m0/s1. The van der Waals surface area contributed by atoms with E-state index in [1.165, 1.54) is 25.6 Å². The number of nitrogens with one attached hydrogen (secondary N) is 1. The van der Waals surface area contributed by atoms with Crippen LogP contribution in [0.4, 0.5) is 10.2 Å². The smallest absolute Gasteiger partial charge is 0.255 e. The lowest BCUT2D eigenvalue weighted by Crippen LogP contribution is -2.23. The molecule has 0 fully saturated rings. The van der Waals surface area contributed by atoms with Crippen LogP contribution < -0.4 is 15.8 Å². The van der Waals surface area contributed by atoms with Gasteiger partial charge in [-0.15, -0.1) is 0 Å². The van der Waals surface area contributed by atoms with E-state index in [4.69, 9.17) is 15.6 Å². The lowest BCUT2D eigenvalue weighted by Gasteiger charge is -2.10. The molecule has 9 heteroatoms. The van der Waals surface area contributed by atoms with Crippen molar-refractivity contribution in [2.75, 3.05) is 12.8 Å². The van der Waals surface area contributed by atoms with Gasteiger partial charge in [-0.05, 0) is 36.6 Å². The minimum atomic E-state index is -0.502. The predicted molar refractivity (Wildman–Crippen MR) is 127 cm³/mol. The van der Waals surface area contributed by atoms with Crippen LogP contribution in [0.25, 0.3) is 22.3 Å². The number of carbonyl (C=O) groups excluding carboxylic acids is 1. The number of nitrogen functional groups attached to an aromatic ring is 1. The van der Waals surface area contributed by atoms with Crippen LogP contribution >= 0.6 is 0 Å². The van der Waals surface area contributed by atoms with Gasteiger partial charge in [0.25, 0.3) is 5.91 Å². The van der Waals surface area contributed by atoms with Crippen LogP contribution in [-0.2, 0) is 6.54 Å². The Labute approximate surface area is 195 Å². The van der Waals surface area contributed by atoms with Gasteiger partial charge in [0.2, 0.25) is 0 Å². The van der Waals surface area contributed by atoms with Crippen molar-refractivity contribution in [3.63, 3.8) is 0 Å². The first-order chi connectivity index (χ1) is 16.5. The molecule has 0 radical (unpaired) electrons. The number of hydrogen-bond donors (Lipinski definition) is 2. The number of ether oxygens (including phenoxy) is 1. The molecule has 2 aromatic carbocycles. The van der Waals surface area contributed by atoms with Crippen molar-refractivity contribution in [2.24, 2.45) is 0 Å². The highest BCUT2D eigenvalue weighted by atomic mass is 19.1. The van der Waals surface area contributed by atoms with Crippen molar-refractivity contribution in [1.82, 2.24) is 25.1 Å². The number of benzene rings is 2. The molecule has 34 heavy (non-hydrogen) atoms. The summed E-state index contributed by atoms with van der Waals surface area (Å²) >= 11 is 0. The summed E-state index contributed by atoms with van der Waals surface area (Å²) in [5.74, 6) is -0.222. The highest BCUT2D eigenvalue weighted by Gasteiger charge is 2.22. The first kappa shape index (κ1) is 21.6. The zero-order valence-electron chi connectivity index (χ0n) is 18.5. The molecular formula is C25H23FN6O2. The third kappa shape index (κ3) is 3.96. The van der Waals surface area contributed by atoms with E-state index >= 15 is 0 Å². The van der Waals surface area contributed by atoms with Crippen molar-refractivity contribution in [3.8, 4) is 17.0 Å². The Morgan fingerprint density at radius 1 is 1.24 bits per heavy atom. The Morgan fingerprint density at radius 2 is 2.06 bits per heavy atom. The summed E-state index contributed by atoms with van der Waals surface area (Å²) in [5, 5.41) is 8.36. The molecule has 4 aromatic rings.